The fourth-order valence-electron chi connectivity index (χ4n) is 2.78. The number of halogens is 1. The predicted molar refractivity (Wildman–Crippen MR) is 97.5 cm³/mol. The van der Waals surface area contributed by atoms with Crippen molar-refractivity contribution in [3.63, 3.8) is 0 Å². The third-order valence-electron chi connectivity index (χ3n) is 4.26. The summed E-state index contributed by atoms with van der Waals surface area (Å²) in [6.07, 6.45) is 7.38. The summed E-state index contributed by atoms with van der Waals surface area (Å²) in [5.41, 5.74) is 6.65. The van der Waals surface area contributed by atoms with Crippen LogP contribution in [0.2, 0.25) is 0 Å². The Bertz CT molecular complexity index is 841. The first-order valence-corrected chi connectivity index (χ1v) is 9.26. The first kappa shape index (κ1) is 19.6. The van der Waals surface area contributed by atoms with Crippen LogP contribution in [0, 0.1) is 0 Å². The van der Waals surface area contributed by atoms with Crippen LogP contribution in [0.1, 0.15) is 43.0 Å². The van der Waals surface area contributed by atoms with Gasteiger partial charge in [0, 0.05) is 6.08 Å². The summed E-state index contributed by atoms with van der Waals surface area (Å²) in [7, 11) is -2.04. The molecule has 0 amide bonds. The Hall–Kier alpha value is -1.74. The van der Waals surface area contributed by atoms with Crippen LogP contribution in [0.25, 0.3) is 12.2 Å². The Kier molecular flexibility index (Phi) is 5.99. The van der Waals surface area contributed by atoms with Crippen molar-refractivity contribution in [1.29, 1.82) is 0 Å². The van der Waals surface area contributed by atoms with E-state index in [1.54, 1.807) is 24.3 Å². The smallest absolute Gasteiger partial charge is 0.250 e. The Morgan fingerprint density at radius 2 is 1.84 bits per heavy atom. The molecule has 1 aromatic carbocycles. The monoisotopic (exact) mass is 384 g/mol. The SMILES string of the molecule is CNS(=O)(=O)c1ccc(/C=C/c2nc(C3(N)CCCC3)no2)cc1.Cl. The molecule has 0 aliphatic heterocycles. The zero-order chi connectivity index (χ0) is 17.2. The van der Waals surface area contributed by atoms with Crippen LogP contribution < -0.4 is 10.5 Å². The Morgan fingerprint density at radius 1 is 1.20 bits per heavy atom. The Labute approximate surface area is 153 Å². The van der Waals surface area contributed by atoms with Crippen LogP contribution in [-0.4, -0.2) is 25.6 Å². The van der Waals surface area contributed by atoms with Gasteiger partial charge in [-0.05, 0) is 43.7 Å². The second-order valence-corrected chi connectivity index (χ2v) is 7.82. The van der Waals surface area contributed by atoms with E-state index >= 15 is 0 Å². The number of sulfonamides is 1. The molecule has 1 heterocycles. The third kappa shape index (κ3) is 4.27. The van der Waals surface area contributed by atoms with Crippen LogP contribution in [0.3, 0.4) is 0 Å². The lowest BCUT2D eigenvalue weighted by molar-refractivity contribution is 0.364. The van der Waals surface area contributed by atoms with E-state index in [0.29, 0.717) is 11.7 Å². The molecule has 3 N–H and O–H groups in total. The van der Waals surface area contributed by atoms with E-state index in [1.165, 1.54) is 19.2 Å². The molecule has 1 fully saturated rings. The van der Waals surface area contributed by atoms with E-state index in [9.17, 15) is 8.42 Å². The number of nitrogens with one attached hydrogen (secondary N) is 1. The highest BCUT2D eigenvalue weighted by Gasteiger charge is 2.35. The second-order valence-electron chi connectivity index (χ2n) is 5.93. The molecule has 7 nitrogen and oxygen atoms in total. The van der Waals surface area contributed by atoms with Gasteiger partial charge >= 0.3 is 0 Å². The maximum Gasteiger partial charge on any atom is 0.250 e. The number of nitrogens with zero attached hydrogens (tertiary/aromatic N) is 2. The molecule has 1 saturated carbocycles. The zero-order valence-corrected chi connectivity index (χ0v) is 15.4. The molecule has 25 heavy (non-hydrogen) atoms. The van der Waals surface area contributed by atoms with Crippen molar-refractivity contribution in [2.45, 2.75) is 36.1 Å². The third-order valence-corrected chi connectivity index (χ3v) is 5.69. The highest BCUT2D eigenvalue weighted by atomic mass is 35.5. The Balaban J connectivity index is 0.00000225. The van der Waals surface area contributed by atoms with Gasteiger partial charge in [0.15, 0.2) is 5.82 Å². The highest BCUT2D eigenvalue weighted by Crippen LogP contribution is 2.34. The summed E-state index contributed by atoms with van der Waals surface area (Å²) >= 11 is 0. The van der Waals surface area contributed by atoms with Crippen LogP contribution in [0.4, 0.5) is 0 Å². The van der Waals surface area contributed by atoms with Gasteiger partial charge in [0.1, 0.15) is 0 Å². The van der Waals surface area contributed by atoms with E-state index in [2.05, 4.69) is 14.9 Å². The molecule has 0 bridgehead atoms. The van der Waals surface area contributed by atoms with Crippen molar-refractivity contribution >= 4 is 34.6 Å². The van der Waals surface area contributed by atoms with E-state index in [1.807, 2.05) is 0 Å². The molecular formula is C16H21ClN4O3S. The van der Waals surface area contributed by atoms with Gasteiger partial charge < -0.3 is 10.3 Å². The van der Waals surface area contributed by atoms with Crippen molar-refractivity contribution in [2.75, 3.05) is 7.05 Å². The summed E-state index contributed by atoms with van der Waals surface area (Å²) in [5.74, 6) is 0.934. The first-order valence-electron chi connectivity index (χ1n) is 7.78. The van der Waals surface area contributed by atoms with Crippen LogP contribution in [0.15, 0.2) is 33.7 Å². The topological polar surface area (TPSA) is 111 Å². The number of hydrogen-bond acceptors (Lipinski definition) is 6. The van der Waals surface area contributed by atoms with Crippen LogP contribution in [0.5, 0.6) is 0 Å². The minimum atomic E-state index is -3.42. The van der Waals surface area contributed by atoms with Gasteiger partial charge in [-0.25, -0.2) is 13.1 Å². The van der Waals surface area contributed by atoms with E-state index in [4.69, 9.17) is 10.3 Å². The van der Waals surface area contributed by atoms with Gasteiger partial charge in [-0.3, -0.25) is 0 Å². The predicted octanol–water partition coefficient (Wildman–Crippen LogP) is 2.30. The van der Waals surface area contributed by atoms with Gasteiger partial charge in [0.25, 0.3) is 5.89 Å². The molecule has 2 aromatic rings. The van der Waals surface area contributed by atoms with E-state index in [0.717, 1.165) is 31.2 Å². The second kappa shape index (κ2) is 7.65. The molecular weight excluding hydrogens is 364 g/mol. The molecule has 1 aliphatic carbocycles. The number of hydrogen-bond donors (Lipinski definition) is 2. The minimum Gasteiger partial charge on any atom is -0.335 e. The zero-order valence-electron chi connectivity index (χ0n) is 13.8. The van der Waals surface area contributed by atoms with Gasteiger partial charge in [0.05, 0.1) is 10.4 Å². The number of rotatable bonds is 5. The molecule has 0 spiro atoms. The van der Waals surface area contributed by atoms with Crippen molar-refractivity contribution in [2.24, 2.45) is 5.73 Å². The van der Waals surface area contributed by atoms with Gasteiger partial charge in [-0.15, -0.1) is 12.4 Å². The molecule has 136 valence electrons. The van der Waals surface area contributed by atoms with Crippen molar-refractivity contribution in [3.8, 4) is 0 Å². The normalized spacial score (nSPS) is 16.9. The average molecular weight is 385 g/mol. The summed E-state index contributed by atoms with van der Waals surface area (Å²) in [6.45, 7) is 0. The molecule has 3 rings (SSSR count). The average Bonchev–Trinajstić information content (AvgIpc) is 3.23. The lowest BCUT2D eigenvalue weighted by atomic mass is 9.99. The number of aromatic nitrogens is 2. The van der Waals surface area contributed by atoms with Crippen LogP contribution >= 0.6 is 12.4 Å². The van der Waals surface area contributed by atoms with Gasteiger partial charge in [0.2, 0.25) is 10.0 Å². The van der Waals surface area contributed by atoms with Crippen molar-refractivity contribution in [3.05, 3.63) is 41.5 Å². The molecule has 0 atom stereocenters. The standard InChI is InChI=1S/C16H20N4O3S.ClH/c1-18-24(21,22)13-7-4-12(5-8-13)6-9-14-19-15(20-23-14)16(17)10-2-3-11-16;/h4-9,18H,2-3,10-11,17H2,1H3;1H/b9-6+;. The molecule has 1 aliphatic rings. The fraction of sp³-hybridized carbons (Fsp3) is 0.375. The number of nitrogens with two attached hydrogens (primary N) is 1. The highest BCUT2D eigenvalue weighted by molar-refractivity contribution is 7.89. The maximum absolute atomic E-state index is 11.7. The first-order chi connectivity index (χ1) is 11.4. The van der Waals surface area contributed by atoms with Crippen molar-refractivity contribution < 1.29 is 12.9 Å². The summed E-state index contributed by atoms with van der Waals surface area (Å²) in [6, 6.07) is 6.50. The quantitative estimate of drug-likeness (QED) is 0.818. The van der Waals surface area contributed by atoms with Gasteiger partial charge in [-0.2, -0.15) is 4.98 Å². The molecule has 0 radical (unpaired) electrons. The largest absolute Gasteiger partial charge is 0.335 e. The van der Waals surface area contributed by atoms with E-state index < -0.39 is 15.6 Å². The maximum atomic E-state index is 11.7. The number of benzene rings is 1. The summed E-state index contributed by atoms with van der Waals surface area (Å²) in [4.78, 5) is 4.57. The lowest BCUT2D eigenvalue weighted by Crippen LogP contribution is -2.34. The molecule has 0 saturated heterocycles. The molecule has 0 unspecified atom stereocenters. The summed E-state index contributed by atoms with van der Waals surface area (Å²) < 4.78 is 30.9. The Morgan fingerprint density at radius 3 is 2.44 bits per heavy atom. The lowest BCUT2D eigenvalue weighted by Gasteiger charge is -2.17. The van der Waals surface area contributed by atoms with Crippen molar-refractivity contribution in [1.82, 2.24) is 14.9 Å². The van der Waals surface area contributed by atoms with Gasteiger partial charge in [-0.1, -0.05) is 30.1 Å². The molecule has 9 heteroatoms. The fourth-order valence-corrected chi connectivity index (χ4v) is 3.51. The van der Waals surface area contributed by atoms with E-state index in [-0.39, 0.29) is 17.3 Å². The van der Waals surface area contributed by atoms with Crippen LogP contribution in [-0.2, 0) is 15.6 Å². The minimum absolute atomic E-state index is 0. The molecule has 1 aromatic heterocycles. The summed E-state index contributed by atoms with van der Waals surface area (Å²) in [5, 5.41) is 3.99.